The number of nitrogens with zero attached hydrogens (tertiary/aromatic N) is 4. The lowest BCUT2D eigenvalue weighted by molar-refractivity contribution is 0.0536. The molecule has 158 valence electrons. The van der Waals surface area contributed by atoms with Crippen LogP contribution in [0.3, 0.4) is 0 Å². The SMILES string of the molecule is CCNC(=NCc1ccc(-n2ccnc2)c(F)c1)N1CCC(COCCOC)C1. The van der Waals surface area contributed by atoms with Gasteiger partial charge in [0.2, 0.25) is 0 Å². The fourth-order valence-electron chi connectivity index (χ4n) is 3.41. The molecule has 3 rings (SSSR count). The van der Waals surface area contributed by atoms with E-state index in [0.717, 1.165) is 44.2 Å². The minimum absolute atomic E-state index is 0.282. The number of imidazole rings is 1. The van der Waals surface area contributed by atoms with Gasteiger partial charge < -0.3 is 24.3 Å². The van der Waals surface area contributed by atoms with Crippen LogP contribution < -0.4 is 5.32 Å². The van der Waals surface area contributed by atoms with E-state index in [4.69, 9.17) is 14.5 Å². The van der Waals surface area contributed by atoms with Gasteiger partial charge >= 0.3 is 0 Å². The highest BCUT2D eigenvalue weighted by molar-refractivity contribution is 5.80. The molecular formula is C21H30FN5O2. The van der Waals surface area contributed by atoms with Gasteiger partial charge in [0.25, 0.3) is 0 Å². The van der Waals surface area contributed by atoms with E-state index in [9.17, 15) is 4.39 Å². The smallest absolute Gasteiger partial charge is 0.194 e. The van der Waals surface area contributed by atoms with Gasteiger partial charge in [-0.1, -0.05) is 6.07 Å². The number of hydrogen-bond acceptors (Lipinski definition) is 4. The summed E-state index contributed by atoms with van der Waals surface area (Å²) in [6.07, 6.45) is 6.02. The maximum absolute atomic E-state index is 14.5. The molecule has 0 bridgehead atoms. The van der Waals surface area contributed by atoms with E-state index in [0.29, 0.717) is 31.4 Å². The number of methoxy groups -OCH3 is 1. The quantitative estimate of drug-likeness (QED) is 0.396. The van der Waals surface area contributed by atoms with E-state index in [-0.39, 0.29) is 5.82 Å². The molecule has 1 N–H and O–H groups in total. The molecule has 1 aliphatic heterocycles. The lowest BCUT2D eigenvalue weighted by atomic mass is 10.1. The largest absolute Gasteiger partial charge is 0.382 e. The van der Waals surface area contributed by atoms with Crippen LogP contribution in [0.1, 0.15) is 18.9 Å². The second-order valence-electron chi connectivity index (χ2n) is 7.09. The van der Waals surface area contributed by atoms with Crippen molar-refractivity contribution in [2.45, 2.75) is 19.9 Å². The first-order chi connectivity index (χ1) is 14.2. The van der Waals surface area contributed by atoms with Crippen molar-refractivity contribution in [3.63, 3.8) is 0 Å². The third-order valence-corrected chi connectivity index (χ3v) is 4.91. The summed E-state index contributed by atoms with van der Waals surface area (Å²) >= 11 is 0. The van der Waals surface area contributed by atoms with Crippen LogP contribution in [0.15, 0.2) is 41.9 Å². The highest BCUT2D eigenvalue weighted by Crippen LogP contribution is 2.18. The molecule has 1 saturated heterocycles. The average Bonchev–Trinajstić information content (AvgIpc) is 3.41. The fourth-order valence-corrected chi connectivity index (χ4v) is 3.41. The molecule has 0 amide bonds. The first-order valence-corrected chi connectivity index (χ1v) is 10.1. The molecule has 1 fully saturated rings. The van der Waals surface area contributed by atoms with Crippen molar-refractivity contribution in [3.8, 4) is 5.69 Å². The molecule has 0 radical (unpaired) electrons. The van der Waals surface area contributed by atoms with Gasteiger partial charge in [-0.25, -0.2) is 14.4 Å². The van der Waals surface area contributed by atoms with E-state index in [1.165, 1.54) is 0 Å². The first-order valence-electron chi connectivity index (χ1n) is 10.1. The summed E-state index contributed by atoms with van der Waals surface area (Å²) in [5.41, 5.74) is 1.32. The number of guanidine groups is 1. The molecule has 1 unspecified atom stereocenters. The van der Waals surface area contributed by atoms with Crippen molar-refractivity contribution in [3.05, 3.63) is 48.3 Å². The Morgan fingerprint density at radius 1 is 1.38 bits per heavy atom. The van der Waals surface area contributed by atoms with Crippen molar-refractivity contribution in [2.24, 2.45) is 10.9 Å². The predicted octanol–water partition coefficient (Wildman–Crippen LogP) is 2.46. The number of benzene rings is 1. The summed E-state index contributed by atoms with van der Waals surface area (Å²) in [5.74, 6) is 1.07. The molecule has 0 spiro atoms. The summed E-state index contributed by atoms with van der Waals surface area (Å²) in [6.45, 7) is 7.10. The summed E-state index contributed by atoms with van der Waals surface area (Å²) in [7, 11) is 1.68. The lowest BCUT2D eigenvalue weighted by Crippen LogP contribution is -2.40. The maximum atomic E-state index is 14.5. The Labute approximate surface area is 171 Å². The molecule has 1 aromatic carbocycles. The Kier molecular flexibility index (Phi) is 8.01. The van der Waals surface area contributed by atoms with Crippen LogP contribution in [0.5, 0.6) is 0 Å². The van der Waals surface area contributed by atoms with Gasteiger partial charge in [-0.3, -0.25) is 0 Å². The molecule has 1 atom stereocenters. The number of hydrogen-bond donors (Lipinski definition) is 1. The minimum atomic E-state index is -0.282. The number of halogens is 1. The van der Waals surface area contributed by atoms with Crippen LogP contribution in [0.2, 0.25) is 0 Å². The maximum Gasteiger partial charge on any atom is 0.194 e. The molecule has 1 aromatic heterocycles. The fraction of sp³-hybridized carbons (Fsp3) is 0.524. The molecule has 2 heterocycles. The van der Waals surface area contributed by atoms with Gasteiger partial charge in [0.15, 0.2) is 5.96 Å². The van der Waals surface area contributed by atoms with Crippen molar-refractivity contribution in [2.75, 3.05) is 46.6 Å². The molecule has 0 saturated carbocycles. The summed E-state index contributed by atoms with van der Waals surface area (Å²) in [6, 6.07) is 5.21. The number of ether oxygens (including phenoxy) is 2. The van der Waals surface area contributed by atoms with E-state index >= 15 is 0 Å². The number of likely N-dealkylation sites (tertiary alicyclic amines) is 1. The van der Waals surface area contributed by atoms with Crippen LogP contribution in [0.25, 0.3) is 5.69 Å². The summed E-state index contributed by atoms with van der Waals surface area (Å²) < 4.78 is 26.8. The van der Waals surface area contributed by atoms with Gasteiger partial charge in [-0.2, -0.15) is 0 Å². The number of nitrogens with one attached hydrogen (secondary N) is 1. The Bertz CT molecular complexity index is 781. The van der Waals surface area contributed by atoms with Crippen LogP contribution in [0.4, 0.5) is 4.39 Å². The molecule has 29 heavy (non-hydrogen) atoms. The van der Waals surface area contributed by atoms with E-state index in [1.807, 2.05) is 6.07 Å². The van der Waals surface area contributed by atoms with Gasteiger partial charge in [0.05, 0.1) is 38.4 Å². The van der Waals surface area contributed by atoms with Gasteiger partial charge in [-0.15, -0.1) is 0 Å². The Morgan fingerprint density at radius 3 is 3.00 bits per heavy atom. The first kappa shape index (κ1) is 21.3. The molecule has 7 nitrogen and oxygen atoms in total. The van der Waals surface area contributed by atoms with Gasteiger partial charge in [0, 0.05) is 45.1 Å². The number of aliphatic imine (C=N–C) groups is 1. The zero-order valence-corrected chi connectivity index (χ0v) is 17.2. The molecular weight excluding hydrogens is 373 g/mol. The van der Waals surface area contributed by atoms with Crippen molar-refractivity contribution < 1.29 is 13.9 Å². The second-order valence-corrected chi connectivity index (χ2v) is 7.09. The van der Waals surface area contributed by atoms with E-state index in [1.54, 1.807) is 42.5 Å². The predicted molar refractivity (Wildman–Crippen MR) is 111 cm³/mol. The highest BCUT2D eigenvalue weighted by atomic mass is 19.1. The lowest BCUT2D eigenvalue weighted by Gasteiger charge is -2.21. The number of aromatic nitrogens is 2. The van der Waals surface area contributed by atoms with Gasteiger partial charge in [0.1, 0.15) is 5.82 Å². The zero-order valence-electron chi connectivity index (χ0n) is 17.2. The third-order valence-electron chi connectivity index (χ3n) is 4.91. The molecule has 8 heteroatoms. The topological polar surface area (TPSA) is 63.9 Å². The van der Waals surface area contributed by atoms with Crippen molar-refractivity contribution >= 4 is 5.96 Å². The van der Waals surface area contributed by atoms with Crippen LogP contribution in [-0.4, -0.2) is 67.0 Å². The third kappa shape index (κ3) is 6.01. The molecule has 2 aromatic rings. The standard InChI is InChI=1S/C21H30FN5O2/c1-3-24-21(26-8-6-18(14-26)15-29-11-10-28-2)25-13-17-4-5-20(19(22)12-17)27-9-7-23-16-27/h4-5,7,9,12,16,18H,3,6,8,10-11,13-15H2,1-2H3,(H,24,25). The van der Waals surface area contributed by atoms with Crippen molar-refractivity contribution in [1.29, 1.82) is 0 Å². The summed E-state index contributed by atoms with van der Waals surface area (Å²) in [5, 5.41) is 3.35. The average molecular weight is 404 g/mol. The van der Waals surface area contributed by atoms with E-state index in [2.05, 4.69) is 22.1 Å². The number of rotatable bonds is 9. The normalized spacial score (nSPS) is 17.1. The van der Waals surface area contributed by atoms with E-state index < -0.39 is 0 Å². The summed E-state index contributed by atoms with van der Waals surface area (Å²) in [4.78, 5) is 10.9. The van der Waals surface area contributed by atoms with Crippen molar-refractivity contribution in [1.82, 2.24) is 19.8 Å². The van der Waals surface area contributed by atoms with Gasteiger partial charge in [-0.05, 0) is 31.0 Å². The zero-order chi connectivity index (χ0) is 20.5. The van der Waals surface area contributed by atoms with Crippen LogP contribution in [-0.2, 0) is 16.0 Å². The molecule has 0 aliphatic carbocycles. The van der Waals surface area contributed by atoms with Crippen LogP contribution >= 0.6 is 0 Å². The Hall–Kier alpha value is -2.45. The Morgan fingerprint density at radius 2 is 2.28 bits per heavy atom. The second kappa shape index (κ2) is 10.9. The Balaban J connectivity index is 1.59. The highest BCUT2D eigenvalue weighted by Gasteiger charge is 2.25. The minimum Gasteiger partial charge on any atom is -0.382 e. The monoisotopic (exact) mass is 403 g/mol. The van der Waals surface area contributed by atoms with Crippen LogP contribution in [0, 0.1) is 11.7 Å². The molecule has 1 aliphatic rings.